The summed E-state index contributed by atoms with van der Waals surface area (Å²) in [6, 6.07) is 2.62. The van der Waals surface area contributed by atoms with Crippen LogP contribution in [0.2, 0.25) is 0 Å². The number of hydrogen-bond donors (Lipinski definition) is 2. The van der Waals surface area contributed by atoms with Crippen LogP contribution in [-0.4, -0.2) is 32.4 Å². The molecule has 0 aromatic carbocycles. The van der Waals surface area contributed by atoms with Gasteiger partial charge in [-0.25, -0.2) is 8.42 Å². The Bertz CT molecular complexity index is 453. The number of nitrogens with two attached hydrogens (primary N) is 1. The van der Waals surface area contributed by atoms with Crippen molar-refractivity contribution < 1.29 is 17.6 Å². The monoisotopic (exact) mass is 260 g/mol. The largest absolute Gasteiger partial charge is 0.467 e. The lowest BCUT2D eigenvalue weighted by Crippen LogP contribution is -2.41. The molecule has 0 spiro atoms. The van der Waals surface area contributed by atoms with Crippen LogP contribution >= 0.6 is 0 Å². The molecule has 1 aromatic rings. The van der Waals surface area contributed by atoms with Crippen molar-refractivity contribution in [2.24, 2.45) is 5.73 Å². The lowest BCUT2D eigenvalue weighted by molar-refractivity contribution is -0.122. The van der Waals surface area contributed by atoms with Crippen molar-refractivity contribution in [1.82, 2.24) is 5.32 Å². The second kappa shape index (κ2) is 5.83. The van der Waals surface area contributed by atoms with Gasteiger partial charge in [0.15, 0.2) is 0 Å². The third-order valence-electron chi connectivity index (χ3n) is 2.15. The Labute approximate surface area is 100 Å². The number of sulfone groups is 1. The predicted molar refractivity (Wildman–Crippen MR) is 62.9 cm³/mol. The van der Waals surface area contributed by atoms with Gasteiger partial charge in [-0.05, 0) is 18.6 Å². The van der Waals surface area contributed by atoms with Gasteiger partial charge in [0.25, 0.3) is 0 Å². The maximum absolute atomic E-state index is 11.5. The number of amides is 1. The molecular weight excluding hydrogens is 244 g/mol. The lowest BCUT2D eigenvalue weighted by Gasteiger charge is -2.10. The van der Waals surface area contributed by atoms with Gasteiger partial charge in [0.1, 0.15) is 15.6 Å². The average molecular weight is 260 g/mol. The van der Waals surface area contributed by atoms with E-state index in [-0.39, 0.29) is 24.6 Å². The summed E-state index contributed by atoms with van der Waals surface area (Å²) < 4.78 is 26.8. The fraction of sp³-hybridized carbons (Fsp3) is 0.500. The van der Waals surface area contributed by atoms with E-state index in [1.165, 1.54) is 6.26 Å². The van der Waals surface area contributed by atoms with Crippen LogP contribution in [0, 0.1) is 0 Å². The molecule has 3 N–H and O–H groups in total. The first kappa shape index (κ1) is 13.7. The quantitative estimate of drug-likeness (QED) is 0.728. The van der Waals surface area contributed by atoms with Crippen molar-refractivity contribution >= 4 is 15.7 Å². The van der Waals surface area contributed by atoms with Crippen molar-refractivity contribution in [3.05, 3.63) is 24.2 Å². The van der Waals surface area contributed by atoms with Gasteiger partial charge in [0, 0.05) is 6.26 Å². The van der Waals surface area contributed by atoms with Gasteiger partial charge in [-0.1, -0.05) is 0 Å². The second-order valence-corrected chi connectivity index (χ2v) is 6.08. The molecule has 1 rings (SSSR count). The third kappa shape index (κ3) is 5.50. The maximum atomic E-state index is 11.5. The molecule has 17 heavy (non-hydrogen) atoms. The van der Waals surface area contributed by atoms with Gasteiger partial charge in [-0.2, -0.15) is 0 Å². The molecule has 0 saturated heterocycles. The van der Waals surface area contributed by atoms with Gasteiger partial charge in [-0.3, -0.25) is 4.79 Å². The molecule has 0 fully saturated rings. The Morgan fingerprint density at radius 1 is 1.59 bits per heavy atom. The smallest absolute Gasteiger partial charge is 0.237 e. The Hall–Kier alpha value is -1.34. The van der Waals surface area contributed by atoms with E-state index >= 15 is 0 Å². The standard InChI is InChI=1S/C10H16N2O4S/c1-17(14,15)6-4-9(11)10(13)12-7-8-3-2-5-16-8/h2-3,5,9H,4,6-7,11H2,1H3,(H,12,13). The van der Waals surface area contributed by atoms with Gasteiger partial charge >= 0.3 is 0 Å². The molecule has 1 unspecified atom stereocenters. The molecule has 0 aliphatic carbocycles. The number of hydrogen-bond acceptors (Lipinski definition) is 5. The summed E-state index contributed by atoms with van der Waals surface area (Å²) in [5, 5.41) is 2.57. The summed E-state index contributed by atoms with van der Waals surface area (Å²) >= 11 is 0. The molecule has 0 aliphatic rings. The fourth-order valence-electron chi connectivity index (χ4n) is 1.19. The Morgan fingerprint density at radius 2 is 2.29 bits per heavy atom. The Kier molecular flexibility index (Phi) is 4.71. The van der Waals surface area contributed by atoms with Gasteiger partial charge < -0.3 is 15.5 Å². The zero-order valence-electron chi connectivity index (χ0n) is 9.55. The van der Waals surface area contributed by atoms with Gasteiger partial charge in [0.2, 0.25) is 5.91 Å². The average Bonchev–Trinajstić information content (AvgIpc) is 2.74. The number of nitrogens with one attached hydrogen (secondary N) is 1. The maximum Gasteiger partial charge on any atom is 0.237 e. The highest BCUT2D eigenvalue weighted by atomic mass is 32.2. The number of carbonyl (C=O) groups is 1. The highest BCUT2D eigenvalue weighted by Gasteiger charge is 2.15. The van der Waals surface area contributed by atoms with E-state index in [0.717, 1.165) is 6.26 Å². The first-order valence-electron chi connectivity index (χ1n) is 5.12. The molecule has 6 nitrogen and oxygen atoms in total. The molecule has 1 atom stereocenters. The zero-order valence-corrected chi connectivity index (χ0v) is 10.4. The normalized spacial score (nSPS) is 13.3. The Balaban J connectivity index is 2.32. The molecule has 1 amide bonds. The van der Waals surface area contributed by atoms with Crippen LogP contribution in [0.3, 0.4) is 0 Å². The van der Waals surface area contributed by atoms with E-state index in [1.807, 2.05) is 0 Å². The topological polar surface area (TPSA) is 102 Å². The van der Waals surface area contributed by atoms with Crippen molar-refractivity contribution in [3.63, 3.8) is 0 Å². The van der Waals surface area contributed by atoms with Gasteiger partial charge in [0.05, 0.1) is 24.6 Å². The summed E-state index contributed by atoms with van der Waals surface area (Å²) in [6.45, 7) is 0.248. The van der Waals surface area contributed by atoms with E-state index < -0.39 is 15.9 Å². The van der Waals surface area contributed by atoms with Crippen LogP contribution < -0.4 is 11.1 Å². The molecule has 7 heteroatoms. The van der Waals surface area contributed by atoms with Crippen LogP contribution in [0.15, 0.2) is 22.8 Å². The summed E-state index contributed by atoms with van der Waals surface area (Å²) in [4.78, 5) is 11.5. The summed E-state index contributed by atoms with van der Waals surface area (Å²) in [6.07, 6.45) is 2.73. The molecule has 0 saturated carbocycles. The molecule has 1 heterocycles. The van der Waals surface area contributed by atoms with E-state index in [2.05, 4.69) is 5.32 Å². The molecule has 0 bridgehead atoms. The van der Waals surface area contributed by atoms with Crippen LogP contribution in [-0.2, 0) is 21.2 Å². The van der Waals surface area contributed by atoms with Crippen LogP contribution in [0.4, 0.5) is 0 Å². The minimum Gasteiger partial charge on any atom is -0.467 e. The Morgan fingerprint density at radius 3 is 2.82 bits per heavy atom. The fourth-order valence-corrected chi connectivity index (χ4v) is 1.87. The number of furan rings is 1. The SMILES string of the molecule is CS(=O)(=O)CCC(N)C(=O)NCc1ccco1. The molecule has 1 aromatic heterocycles. The van der Waals surface area contributed by atoms with Gasteiger partial charge in [-0.15, -0.1) is 0 Å². The second-order valence-electron chi connectivity index (χ2n) is 3.82. The highest BCUT2D eigenvalue weighted by molar-refractivity contribution is 7.90. The highest BCUT2D eigenvalue weighted by Crippen LogP contribution is 1.99. The van der Waals surface area contributed by atoms with E-state index in [0.29, 0.717) is 5.76 Å². The van der Waals surface area contributed by atoms with Crippen LogP contribution in [0.5, 0.6) is 0 Å². The van der Waals surface area contributed by atoms with Crippen molar-refractivity contribution in [1.29, 1.82) is 0 Å². The lowest BCUT2D eigenvalue weighted by atomic mass is 10.2. The first-order chi connectivity index (χ1) is 7.88. The number of rotatable bonds is 6. The zero-order chi connectivity index (χ0) is 12.9. The molecule has 0 aliphatic heterocycles. The van der Waals surface area contributed by atoms with Crippen molar-refractivity contribution in [2.75, 3.05) is 12.0 Å². The summed E-state index contributed by atoms with van der Waals surface area (Å²) in [5.41, 5.74) is 5.56. The summed E-state index contributed by atoms with van der Waals surface area (Å²) in [7, 11) is -3.09. The van der Waals surface area contributed by atoms with E-state index in [9.17, 15) is 13.2 Å². The first-order valence-corrected chi connectivity index (χ1v) is 7.18. The molecule has 96 valence electrons. The molecular formula is C10H16N2O4S. The van der Waals surface area contributed by atoms with E-state index in [4.69, 9.17) is 10.2 Å². The minimum atomic E-state index is -3.09. The number of carbonyl (C=O) groups excluding carboxylic acids is 1. The van der Waals surface area contributed by atoms with Crippen molar-refractivity contribution in [3.8, 4) is 0 Å². The molecule has 0 radical (unpaired) electrons. The van der Waals surface area contributed by atoms with Crippen LogP contribution in [0.25, 0.3) is 0 Å². The summed E-state index contributed by atoms with van der Waals surface area (Å²) in [5.74, 6) is 0.140. The van der Waals surface area contributed by atoms with Crippen molar-refractivity contribution in [2.45, 2.75) is 19.0 Å². The minimum absolute atomic E-state index is 0.0949. The van der Waals surface area contributed by atoms with Crippen LogP contribution in [0.1, 0.15) is 12.2 Å². The third-order valence-corrected chi connectivity index (χ3v) is 3.13. The van der Waals surface area contributed by atoms with E-state index in [1.54, 1.807) is 12.1 Å². The predicted octanol–water partition coefficient (Wildman–Crippen LogP) is -0.342.